The second-order valence-electron chi connectivity index (χ2n) is 4.64. The second-order valence-corrected chi connectivity index (χ2v) is 5.48. The summed E-state index contributed by atoms with van der Waals surface area (Å²) in [6, 6.07) is 9.35. The maximum absolute atomic E-state index is 13.5. The molecule has 0 aromatic heterocycles. The summed E-state index contributed by atoms with van der Waals surface area (Å²) < 4.78 is 19.3. The Hall–Kier alpha value is -1.29. The van der Waals surface area contributed by atoms with Gasteiger partial charge in [-0.3, -0.25) is 0 Å². The molecule has 1 N–H and O–H groups in total. The zero-order valence-corrected chi connectivity index (χ0v) is 13.3. The Morgan fingerprint density at radius 1 is 1.14 bits per heavy atom. The molecular weight excluding hydrogens is 312 g/mol. The van der Waals surface area contributed by atoms with Crippen LogP contribution in [-0.2, 0) is 0 Å². The zero-order valence-electron chi connectivity index (χ0n) is 11.8. The van der Waals surface area contributed by atoms with Crippen LogP contribution in [0.15, 0.2) is 36.4 Å². The van der Waals surface area contributed by atoms with E-state index in [4.69, 9.17) is 27.9 Å². The van der Waals surface area contributed by atoms with E-state index >= 15 is 0 Å². The summed E-state index contributed by atoms with van der Waals surface area (Å²) in [7, 11) is 0. The van der Waals surface area contributed by atoms with Crippen molar-refractivity contribution in [3.63, 3.8) is 0 Å². The van der Waals surface area contributed by atoms with Gasteiger partial charge < -0.3 is 10.1 Å². The third-order valence-corrected chi connectivity index (χ3v) is 3.61. The number of hydrogen-bond acceptors (Lipinski definition) is 2. The summed E-state index contributed by atoms with van der Waals surface area (Å²) in [5.74, 6) is 0.689. The molecule has 0 bridgehead atoms. The van der Waals surface area contributed by atoms with Gasteiger partial charge in [-0.2, -0.15) is 0 Å². The average Bonchev–Trinajstić information content (AvgIpc) is 2.45. The Morgan fingerprint density at radius 2 is 1.90 bits per heavy atom. The van der Waals surface area contributed by atoms with E-state index in [1.165, 1.54) is 12.1 Å². The summed E-state index contributed by atoms with van der Waals surface area (Å²) in [5.41, 5.74) is 0.730. The number of nitrogens with one attached hydrogen (secondary N) is 1. The molecule has 0 spiro atoms. The van der Waals surface area contributed by atoms with Crippen LogP contribution in [0.2, 0.25) is 10.0 Å². The quantitative estimate of drug-likeness (QED) is 0.772. The van der Waals surface area contributed by atoms with Crippen molar-refractivity contribution in [2.75, 3.05) is 6.54 Å². The molecule has 0 saturated carbocycles. The lowest BCUT2D eigenvalue weighted by molar-refractivity contribution is 0.460. The van der Waals surface area contributed by atoms with Gasteiger partial charge in [0.25, 0.3) is 0 Å². The van der Waals surface area contributed by atoms with Gasteiger partial charge in [0.15, 0.2) is 0 Å². The molecular formula is C16H16Cl2FNO. The van der Waals surface area contributed by atoms with Crippen molar-refractivity contribution in [3.8, 4) is 11.5 Å². The third kappa shape index (κ3) is 4.10. The van der Waals surface area contributed by atoms with E-state index in [9.17, 15) is 4.39 Å². The van der Waals surface area contributed by atoms with Crippen LogP contribution in [0.25, 0.3) is 0 Å². The molecule has 0 aliphatic carbocycles. The van der Waals surface area contributed by atoms with Gasteiger partial charge in [-0.15, -0.1) is 0 Å². The largest absolute Gasteiger partial charge is 0.455 e. The van der Waals surface area contributed by atoms with Crippen LogP contribution >= 0.6 is 23.2 Å². The summed E-state index contributed by atoms with van der Waals surface area (Å²) in [6.45, 7) is 4.71. The Balaban J connectivity index is 2.37. The molecule has 2 aromatic rings. The lowest BCUT2D eigenvalue weighted by Gasteiger charge is -2.18. The number of benzene rings is 2. The Labute approximate surface area is 133 Å². The highest BCUT2D eigenvalue weighted by Gasteiger charge is 2.14. The summed E-state index contributed by atoms with van der Waals surface area (Å²) in [4.78, 5) is 0. The highest BCUT2D eigenvalue weighted by atomic mass is 35.5. The molecule has 0 aliphatic heterocycles. The maximum Gasteiger partial charge on any atom is 0.147 e. The molecule has 0 fully saturated rings. The molecule has 112 valence electrons. The van der Waals surface area contributed by atoms with Gasteiger partial charge in [0, 0.05) is 22.7 Å². The first-order valence-corrected chi connectivity index (χ1v) is 7.42. The Bertz CT molecular complexity index is 634. The van der Waals surface area contributed by atoms with Gasteiger partial charge >= 0.3 is 0 Å². The highest BCUT2D eigenvalue weighted by molar-refractivity contribution is 6.34. The third-order valence-electron chi connectivity index (χ3n) is 3.06. The monoisotopic (exact) mass is 327 g/mol. The van der Waals surface area contributed by atoms with E-state index < -0.39 is 0 Å². The minimum atomic E-state index is -0.306. The van der Waals surface area contributed by atoms with Crippen LogP contribution in [0.3, 0.4) is 0 Å². The lowest BCUT2D eigenvalue weighted by atomic mass is 10.1. The van der Waals surface area contributed by atoms with Crippen molar-refractivity contribution >= 4 is 23.2 Å². The van der Waals surface area contributed by atoms with Crippen LogP contribution in [0.1, 0.15) is 25.5 Å². The number of ether oxygens (including phenoxy) is 1. The van der Waals surface area contributed by atoms with E-state index in [1.54, 1.807) is 24.3 Å². The number of rotatable bonds is 5. The maximum atomic E-state index is 13.5. The number of halogens is 3. The SMILES string of the molecule is CCNC(C)c1cc(F)ccc1Oc1cc(Cl)ccc1Cl. The van der Waals surface area contributed by atoms with Gasteiger partial charge in [0.2, 0.25) is 0 Å². The van der Waals surface area contributed by atoms with E-state index in [-0.39, 0.29) is 11.9 Å². The van der Waals surface area contributed by atoms with Crippen molar-refractivity contribution in [3.05, 3.63) is 57.8 Å². The standard InChI is InChI=1S/C16H16Cl2FNO/c1-3-20-10(2)13-9-12(19)5-7-15(13)21-16-8-11(17)4-6-14(16)18/h4-10,20H,3H2,1-2H3. The van der Waals surface area contributed by atoms with Crippen molar-refractivity contribution in [1.82, 2.24) is 5.32 Å². The van der Waals surface area contributed by atoms with E-state index in [1.807, 2.05) is 13.8 Å². The first-order valence-electron chi connectivity index (χ1n) is 6.67. The first kappa shape index (κ1) is 16.1. The fraction of sp³-hybridized carbons (Fsp3) is 0.250. The fourth-order valence-electron chi connectivity index (χ4n) is 2.04. The van der Waals surface area contributed by atoms with Crippen molar-refractivity contribution in [2.45, 2.75) is 19.9 Å². The molecule has 2 rings (SSSR count). The molecule has 1 unspecified atom stereocenters. The molecule has 0 aliphatic rings. The molecule has 0 radical (unpaired) electrons. The van der Waals surface area contributed by atoms with Crippen LogP contribution in [0.5, 0.6) is 11.5 Å². The Morgan fingerprint density at radius 3 is 2.62 bits per heavy atom. The van der Waals surface area contributed by atoms with Gasteiger partial charge in [0.05, 0.1) is 5.02 Å². The molecule has 0 amide bonds. The summed E-state index contributed by atoms with van der Waals surface area (Å²) in [5, 5.41) is 4.21. The topological polar surface area (TPSA) is 21.3 Å². The predicted molar refractivity (Wildman–Crippen MR) is 85.0 cm³/mol. The normalized spacial score (nSPS) is 12.2. The van der Waals surface area contributed by atoms with Crippen molar-refractivity contribution in [2.24, 2.45) is 0 Å². The van der Waals surface area contributed by atoms with Crippen LogP contribution in [0.4, 0.5) is 4.39 Å². The predicted octanol–water partition coefficient (Wildman–Crippen LogP) is 5.60. The van der Waals surface area contributed by atoms with Crippen molar-refractivity contribution in [1.29, 1.82) is 0 Å². The molecule has 21 heavy (non-hydrogen) atoms. The van der Waals surface area contributed by atoms with Gasteiger partial charge in [-0.25, -0.2) is 4.39 Å². The molecule has 2 nitrogen and oxygen atoms in total. The lowest BCUT2D eigenvalue weighted by Crippen LogP contribution is -2.18. The van der Waals surface area contributed by atoms with Crippen LogP contribution in [-0.4, -0.2) is 6.54 Å². The minimum absolute atomic E-state index is 0.0429. The Kier molecular flexibility index (Phi) is 5.45. The van der Waals surface area contributed by atoms with Crippen LogP contribution < -0.4 is 10.1 Å². The fourth-order valence-corrected chi connectivity index (χ4v) is 2.36. The molecule has 0 heterocycles. The van der Waals surface area contributed by atoms with Gasteiger partial charge in [0.1, 0.15) is 17.3 Å². The van der Waals surface area contributed by atoms with E-state index in [0.717, 1.165) is 12.1 Å². The van der Waals surface area contributed by atoms with Gasteiger partial charge in [-0.1, -0.05) is 30.1 Å². The van der Waals surface area contributed by atoms with E-state index in [2.05, 4.69) is 5.32 Å². The van der Waals surface area contributed by atoms with E-state index in [0.29, 0.717) is 21.5 Å². The molecule has 0 saturated heterocycles. The highest BCUT2D eigenvalue weighted by Crippen LogP contribution is 2.35. The first-order chi connectivity index (χ1) is 10.0. The summed E-state index contributed by atoms with van der Waals surface area (Å²) in [6.07, 6.45) is 0. The zero-order chi connectivity index (χ0) is 15.4. The second kappa shape index (κ2) is 7.12. The minimum Gasteiger partial charge on any atom is -0.455 e. The van der Waals surface area contributed by atoms with Crippen LogP contribution in [0, 0.1) is 5.82 Å². The summed E-state index contributed by atoms with van der Waals surface area (Å²) >= 11 is 12.0. The average molecular weight is 328 g/mol. The van der Waals surface area contributed by atoms with Crippen molar-refractivity contribution < 1.29 is 9.13 Å². The van der Waals surface area contributed by atoms with Gasteiger partial charge in [-0.05, 0) is 43.8 Å². The molecule has 1 atom stereocenters. The number of hydrogen-bond donors (Lipinski definition) is 1. The smallest absolute Gasteiger partial charge is 0.147 e. The molecule has 2 aromatic carbocycles. The molecule has 5 heteroatoms.